The average molecular weight is 437 g/mol. The largest absolute Gasteiger partial charge is 0.358 e. The van der Waals surface area contributed by atoms with Crippen molar-refractivity contribution in [3.8, 4) is 0 Å². The minimum Gasteiger partial charge on any atom is -0.358 e. The monoisotopic (exact) mass is 436 g/mol. The zero-order valence-corrected chi connectivity index (χ0v) is 20.1. The number of aromatic amines is 1. The van der Waals surface area contributed by atoms with E-state index in [4.69, 9.17) is 0 Å². The molecule has 0 atom stereocenters. The van der Waals surface area contributed by atoms with E-state index in [0.29, 0.717) is 0 Å². The van der Waals surface area contributed by atoms with Gasteiger partial charge in [-0.25, -0.2) is 0 Å². The van der Waals surface area contributed by atoms with Crippen molar-refractivity contribution in [1.29, 1.82) is 0 Å². The highest BCUT2D eigenvalue weighted by molar-refractivity contribution is 6.07. The number of aryl methyl sites for hydroxylation is 2. The van der Waals surface area contributed by atoms with Crippen molar-refractivity contribution >= 4 is 32.6 Å². The van der Waals surface area contributed by atoms with Gasteiger partial charge < -0.3 is 4.98 Å². The van der Waals surface area contributed by atoms with Crippen molar-refractivity contribution in [3.63, 3.8) is 0 Å². The third-order valence-electron chi connectivity index (χ3n) is 6.47. The molecule has 2 nitrogen and oxygen atoms in total. The first-order chi connectivity index (χ1) is 16.3. The minimum absolute atomic E-state index is 1.06. The first-order valence-electron chi connectivity index (χ1n) is 12.6. The fourth-order valence-corrected chi connectivity index (χ4v) is 4.67. The van der Waals surface area contributed by atoms with E-state index in [-0.39, 0.29) is 0 Å². The second-order valence-electron chi connectivity index (χ2n) is 8.90. The first kappa shape index (κ1) is 23.0. The van der Waals surface area contributed by atoms with E-state index in [2.05, 4.69) is 72.3 Å². The van der Waals surface area contributed by atoms with Gasteiger partial charge in [-0.3, -0.25) is 4.98 Å². The molecule has 33 heavy (non-hydrogen) atoms. The summed E-state index contributed by atoms with van der Waals surface area (Å²) in [6.45, 7) is 4.56. The van der Waals surface area contributed by atoms with E-state index in [1.807, 2.05) is 30.5 Å². The SMILES string of the molecule is CCCCCc1[nH]c2c(ccc3ccccc32)c1CCCCC.c1ccc2ncccc2c1. The van der Waals surface area contributed by atoms with Crippen molar-refractivity contribution in [2.24, 2.45) is 0 Å². The zero-order chi connectivity index (χ0) is 22.9. The predicted molar refractivity (Wildman–Crippen MR) is 144 cm³/mol. The Kier molecular flexibility index (Phi) is 8.14. The Hall–Kier alpha value is -3.13. The van der Waals surface area contributed by atoms with Gasteiger partial charge in [0.1, 0.15) is 0 Å². The summed E-state index contributed by atoms with van der Waals surface area (Å²) >= 11 is 0. The van der Waals surface area contributed by atoms with Crippen LogP contribution in [0.4, 0.5) is 0 Å². The van der Waals surface area contributed by atoms with Gasteiger partial charge in [0.05, 0.1) is 11.0 Å². The second-order valence-corrected chi connectivity index (χ2v) is 8.90. The molecule has 0 unspecified atom stereocenters. The van der Waals surface area contributed by atoms with E-state index >= 15 is 0 Å². The number of fused-ring (bicyclic) bond motifs is 4. The summed E-state index contributed by atoms with van der Waals surface area (Å²) in [4.78, 5) is 7.97. The third-order valence-corrected chi connectivity index (χ3v) is 6.47. The maximum absolute atomic E-state index is 4.18. The van der Waals surface area contributed by atoms with Gasteiger partial charge in [0, 0.05) is 28.0 Å². The number of hydrogen-bond acceptors (Lipinski definition) is 1. The summed E-state index contributed by atoms with van der Waals surface area (Å²) < 4.78 is 0. The Balaban J connectivity index is 0.000000214. The summed E-state index contributed by atoms with van der Waals surface area (Å²) in [7, 11) is 0. The molecule has 0 aliphatic rings. The zero-order valence-electron chi connectivity index (χ0n) is 20.1. The van der Waals surface area contributed by atoms with Gasteiger partial charge in [0.25, 0.3) is 0 Å². The average Bonchev–Trinajstić information content (AvgIpc) is 3.23. The molecular weight excluding hydrogens is 400 g/mol. The lowest BCUT2D eigenvalue weighted by molar-refractivity contribution is 0.690. The molecule has 0 spiro atoms. The quantitative estimate of drug-likeness (QED) is 0.241. The lowest BCUT2D eigenvalue weighted by Crippen LogP contribution is -1.93. The summed E-state index contributed by atoms with van der Waals surface area (Å²) in [6, 6.07) is 25.4. The Morgan fingerprint density at radius 3 is 2.12 bits per heavy atom. The van der Waals surface area contributed by atoms with E-state index in [1.54, 1.807) is 5.56 Å². The number of nitrogens with one attached hydrogen (secondary N) is 1. The number of aromatic nitrogens is 2. The van der Waals surface area contributed by atoms with Crippen molar-refractivity contribution in [2.75, 3.05) is 0 Å². The van der Waals surface area contributed by atoms with Crippen LogP contribution in [0.25, 0.3) is 32.6 Å². The van der Waals surface area contributed by atoms with Gasteiger partial charge in [0.15, 0.2) is 0 Å². The van der Waals surface area contributed by atoms with Crippen LogP contribution in [0.1, 0.15) is 63.6 Å². The number of para-hydroxylation sites is 1. The molecule has 1 N–H and O–H groups in total. The Morgan fingerprint density at radius 2 is 1.33 bits per heavy atom. The lowest BCUT2D eigenvalue weighted by atomic mass is 9.99. The normalized spacial score (nSPS) is 11.1. The Labute approximate surface area is 198 Å². The summed E-state index contributed by atoms with van der Waals surface area (Å²) in [5.41, 5.74) is 5.47. The number of H-pyrrole nitrogens is 1. The molecule has 0 fully saturated rings. The topological polar surface area (TPSA) is 28.7 Å². The molecule has 3 aromatic carbocycles. The number of unbranched alkanes of at least 4 members (excludes halogenated alkanes) is 4. The van der Waals surface area contributed by atoms with Crippen LogP contribution in [0.3, 0.4) is 0 Å². The predicted octanol–water partition coefficient (Wildman–Crippen LogP) is 9.02. The minimum atomic E-state index is 1.06. The van der Waals surface area contributed by atoms with E-state index < -0.39 is 0 Å². The molecule has 0 aliphatic carbocycles. The number of nitrogens with zero attached hydrogens (tertiary/aromatic N) is 1. The van der Waals surface area contributed by atoms with E-state index in [1.165, 1.54) is 84.1 Å². The van der Waals surface area contributed by atoms with E-state index in [9.17, 15) is 0 Å². The van der Waals surface area contributed by atoms with Crippen LogP contribution in [0.5, 0.6) is 0 Å². The van der Waals surface area contributed by atoms with Crippen molar-refractivity contribution < 1.29 is 0 Å². The molecular formula is C31H36N2. The fourth-order valence-electron chi connectivity index (χ4n) is 4.67. The van der Waals surface area contributed by atoms with Gasteiger partial charge in [0.2, 0.25) is 0 Å². The molecule has 2 aromatic heterocycles. The molecule has 0 amide bonds. The van der Waals surface area contributed by atoms with Crippen molar-refractivity contribution in [3.05, 3.63) is 90.3 Å². The van der Waals surface area contributed by atoms with Crippen LogP contribution in [0.15, 0.2) is 79.0 Å². The van der Waals surface area contributed by atoms with Crippen LogP contribution >= 0.6 is 0 Å². The first-order valence-corrected chi connectivity index (χ1v) is 12.6. The number of benzene rings is 3. The van der Waals surface area contributed by atoms with Crippen LogP contribution in [-0.4, -0.2) is 9.97 Å². The van der Waals surface area contributed by atoms with E-state index in [0.717, 1.165) is 5.52 Å². The summed E-state index contributed by atoms with van der Waals surface area (Å²) in [6.07, 6.45) is 12.0. The molecule has 2 heterocycles. The van der Waals surface area contributed by atoms with Gasteiger partial charge >= 0.3 is 0 Å². The molecule has 5 rings (SSSR count). The van der Waals surface area contributed by atoms with Gasteiger partial charge in [-0.15, -0.1) is 0 Å². The van der Waals surface area contributed by atoms with Gasteiger partial charge in [-0.2, -0.15) is 0 Å². The smallest absolute Gasteiger partial charge is 0.0701 e. The highest BCUT2D eigenvalue weighted by Crippen LogP contribution is 2.31. The van der Waals surface area contributed by atoms with Gasteiger partial charge in [-0.1, -0.05) is 100 Å². The third kappa shape index (κ3) is 5.63. The Bertz CT molecular complexity index is 1230. The maximum Gasteiger partial charge on any atom is 0.0701 e. The fraction of sp³-hybridized carbons (Fsp3) is 0.323. The standard InChI is InChI=1S/C22H29N.C9H7N/c1-3-5-7-13-19-20-16-15-17-11-9-10-12-18(17)22(20)23-21(19)14-8-6-4-2;1-2-6-9-8(4-1)5-3-7-10-9/h9-12,15-16,23H,3-8,13-14H2,1-2H3;1-7H. The van der Waals surface area contributed by atoms with Crippen molar-refractivity contribution in [1.82, 2.24) is 9.97 Å². The van der Waals surface area contributed by atoms with Gasteiger partial charge in [-0.05, 0) is 48.8 Å². The highest BCUT2D eigenvalue weighted by Gasteiger charge is 2.13. The number of rotatable bonds is 8. The van der Waals surface area contributed by atoms with Crippen LogP contribution in [0, 0.1) is 0 Å². The van der Waals surface area contributed by atoms with Crippen molar-refractivity contribution in [2.45, 2.75) is 65.2 Å². The number of pyridine rings is 1. The molecule has 0 saturated carbocycles. The lowest BCUT2D eigenvalue weighted by Gasteiger charge is -2.05. The molecule has 0 radical (unpaired) electrons. The summed E-state index contributed by atoms with van der Waals surface area (Å²) in [5.74, 6) is 0. The molecule has 0 saturated heterocycles. The molecule has 5 aromatic rings. The number of hydrogen-bond donors (Lipinski definition) is 1. The van der Waals surface area contributed by atoms with Crippen LogP contribution in [-0.2, 0) is 12.8 Å². The molecule has 0 aliphatic heterocycles. The molecule has 2 heteroatoms. The molecule has 0 bridgehead atoms. The van der Waals surface area contributed by atoms with Crippen LogP contribution < -0.4 is 0 Å². The maximum atomic E-state index is 4.18. The Morgan fingerprint density at radius 1 is 0.636 bits per heavy atom. The summed E-state index contributed by atoms with van der Waals surface area (Å²) in [5, 5.41) is 5.35. The second kappa shape index (κ2) is 11.7. The van der Waals surface area contributed by atoms with Crippen LogP contribution in [0.2, 0.25) is 0 Å². The highest BCUT2D eigenvalue weighted by atomic mass is 14.7. The molecule has 170 valence electrons.